The van der Waals surface area contributed by atoms with Crippen molar-refractivity contribution in [3.05, 3.63) is 94.9 Å². The van der Waals surface area contributed by atoms with Gasteiger partial charge < -0.3 is 19.8 Å². The molecule has 1 amide bonds. The molecular formula is C29H28N4O3. The number of aromatic nitrogens is 3. The fourth-order valence-corrected chi connectivity index (χ4v) is 4.62. The lowest BCUT2D eigenvalue weighted by atomic mass is 9.89. The number of aromatic amines is 1. The van der Waals surface area contributed by atoms with Crippen molar-refractivity contribution in [3.63, 3.8) is 0 Å². The molecule has 182 valence electrons. The van der Waals surface area contributed by atoms with E-state index in [2.05, 4.69) is 26.3 Å². The number of nitrogens with one attached hydrogen (secondary N) is 2. The van der Waals surface area contributed by atoms with Crippen LogP contribution >= 0.6 is 0 Å². The molecule has 5 aromatic rings. The maximum atomic E-state index is 13.3. The number of carbonyl (C=O) groups is 1. The van der Waals surface area contributed by atoms with Crippen LogP contribution in [-0.2, 0) is 0 Å². The molecule has 2 N–H and O–H groups in total. The number of H-pyrrole nitrogens is 1. The van der Waals surface area contributed by atoms with Gasteiger partial charge in [0.05, 0.1) is 36.6 Å². The molecule has 0 aliphatic carbocycles. The van der Waals surface area contributed by atoms with Gasteiger partial charge in [0.25, 0.3) is 5.91 Å². The largest absolute Gasteiger partial charge is 0.493 e. The van der Waals surface area contributed by atoms with Crippen molar-refractivity contribution in [2.45, 2.75) is 19.8 Å². The zero-order valence-electron chi connectivity index (χ0n) is 20.8. The highest BCUT2D eigenvalue weighted by Crippen LogP contribution is 2.40. The fourth-order valence-electron chi connectivity index (χ4n) is 4.62. The lowest BCUT2D eigenvalue weighted by molar-refractivity contribution is 0.0952. The second-order valence-corrected chi connectivity index (χ2v) is 8.73. The molecule has 0 fully saturated rings. The topological polar surface area (TPSA) is 89.1 Å². The number of carbonyl (C=O) groups excluding carboxylic acids is 1. The minimum Gasteiger partial charge on any atom is -0.493 e. The lowest BCUT2D eigenvalue weighted by Gasteiger charge is -2.22. The summed E-state index contributed by atoms with van der Waals surface area (Å²) in [5.74, 6) is 0.935. The molecule has 3 aromatic carbocycles. The van der Waals surface area contributed by atoms with E-state index in [1.165, 1.54) is 0 Å². The van der Waals surface area contributed by atoms with Gasteiger partial charge in [-0.25, -0.2) is 9.97 Å². The highest BCUT2D eigenvalue weighted by molar-refractivity contribution is 5.97. The number of para-hydroxylation sites is 2. The Bertz CT molecular complexity index is 1570. The van der Waals surface area contributed by atoms with Gasteiger partial charge in [-0.3, -0.25) is 4.79 Å². The predicted octanol–water partition coefficient (Wildman–Crippen LogP) is 5.31. The van der Waals surface area contributed by atoms with Crippen molar-refractivity contribution in [2.75, 3.05) is 20.8 Å². The van der Waals surface area contributed by atoms with Crippen molar-refractivity contribution in [1.82, 2.24) is 20.3 Å². The van der Waals surface area contributed by atoms with Crippen LogP contribution in [0, 0.1) is 13.8 Å². The van der Waals surface area contributed by atoms with Crippen molar-refractivity contribution in [2.24, 2.45) is 0 Å². The van der Waals surface area contributed by atoms with E-state index in [4.69, 9.17) is 9.47 Å². The second kappa shape index (κ2) is 9.70. The molecule has 0 saturated heterocycles. The molecule has 5 rings (SSSR count). The third kappa shape index (κ3) is 4.24. The van der Waals surface area contributed by atoms with Crippen LogP contribution in [0.1, 0.15) is 38.8 Å². The zero-order chi connectivity index (χ0) is 25.2. The third-order valence-electron chi connectivity index (χ3n) is 6.61. The van der Waals surface area contributed by atoms with Gasteiger partial charge in [0, 0.05) is 40.7 Å². The number of benzene rings is 3. The molecule has 0 aliphatic heterocycles. The number of hydrogen-bond donors (Lipinski definition) is 2. The normalized spacial score (nSPS) is 12.0. The Morgan fingerprint density at radius 2 is 1.69 bits per heavy atom. The Balaban J connectivity index is 1.51. The standard InChI is InChI=1S/C29H28N4O3/c1-17-18(2)33-26-14-19(12-13-25(26)32-17)29(34)31-16-23(21-9-7-11-27(35-3)28(21)36-4)22-15-30-24-10-6-5-8-20(22)24/h5-15,23,30H,16H2,1-4H3,(H,31,34). The number of fused-ring (bicyclic) bond motifs is 2. The van der Waals surface area contributed by atoms with Crippen molar-refractivity contribution < 1.29 is 14.3 Å². The van der Waals surface area contributed by atoms with E-state index < -0.39 is 0 Å². The van der Waals surface area contributed by atoms with E-state index in [0.29, 0.717) is 29.1 Å². The molecule has 0 radical (unpaired) electrons. The summed E-state index contributed by atoms with van der Waals surface area (Å²) in [6.45, 7) is 4.21. The summed E-state index contributed by atoms with van der Waals surface area (Å²) < 4.78 is 11.3. The molecule has 0 bridgehead atoms. The molecular weight excluding hydrogens is 452 g/mol. The zero-order valence-corrected chi connectivity index (χ0v) is 20.8. The van der Waals surface area contributed by atoms with Gasteiger partial charge in [-0.05, 0) is 49.7 Å². The summed E-state index contributed by atoms with van der Waals surface area (Å²) in [6, 6.07) is 19.4. The summed E-state index contributed by atoms with van der Waals surface area (Å²) >= 11 is 0. The van der Waals surface area contributed by atoms with E-state index in [1.807, 2.05) is 62.5 Å². The van der Waals surface area contributed by atoms with Crippen LogP contribution in [0.4, 0.5) is 0 Å². The Labute approximate surface area is 209 Å². The van der Waals surface area contributed by atoms with E-state index in [0.717, 1.165) is 38.9 Å². The SMILES string of the molecule is COc1cccc(C(CNC(=O)c2ccc3nc(C)c(C)nc3c2)c2c[nH]c3ccccc23)c1OC. The van der Waals surface area contributed by atoms with Crippen LogP contribution in [0.3, 0.4) is 0 Å². The maximum Gasteiger partial charge on any atom is 0.251 e. The number of methoxy groups -OCH3 is 2. The third-order valence-corrected chi connectivity index (χ3v) is 6.61. The fraction of sp³-hybridized carbons (Fsp3) is 0.207. The number of nitrogens with zero attached hydrogens (tertiary/aromatic N) is 2. The first-order chi connectivity index (χ1) is 17.5. The van der Waals surface area contributed by atoms with Gasteiger partial charge in [-0.2, -0.15) is 0 Å². The van der Waals surface area contributed by atoms with Gasteiger partial charge >= 0.3 is 0 Å². The van der Waals surface area contributed by atoms with Crippen LogP contribution in [0.15, 0.2) is 66.9 Å². The summed E-state index contributed by atoms with van der Waals surface area (Å²) in [5, 5.41) is 4.22. The summed E-state index contributed by atoms with van der Waals surface area (Å²) in [5.41, 5.74) is 6.77. The van der Waals surface area contributed by atoms with Gasteiger partial charge in [0.2, 0.25) is 0 Å². The summed E-state index contributed by atoms with van der Waals surface area (Å²) in [6.07, 6.45) is 2.00. The average molecular weight is 481 g/mol. The van der Waals surface area contributed by atoms with Gasteiger partial charge in [-0.15, -0.1) is 0 Å². The van der Waals surface area contributed by atoms with Crippen LogP contribution in [0.5, 0.6) is 11.5 Å². The van der Waals surface area contributed by atoms with E-state index in [9.17, 15) is 4.79 Å². The smallest absolute Gasteiger partial charge is 0.251 e. The van der Waals surface area contributed by atoms with Gasteiger partial charge in [0.15, 0.2) is 11.5 Å². The molecule has 7 nitrogen and oxygen atoms in total. The Hall–Kier alpha value is -4.39. The van der Waals surface area contributed by atoms with Crippen LogP contribution in [0.2, 0.25) is 0 Å². The minimum absolute atomic E-state index is 0.177. The molecule has 2 heterocycles. The first-order valence-corrected chi connectivity index (χ1v) is 11.8. The molecule has 2 aromatic heterocycles. The first kappa shape index (κ1) is 23.4. The molecule has 36 heavy (non-hydrogen) atoms. The lowest BCUT2D eigenvalue weighted by Crippen LogP contribution is -2.29. The van der Waals surface area contributed by atoms with E-state index in [-0.39, 0.29) is 11.8 Å². The quantitative estimate of drug-likeness (QED) is 0.330. The number of ether oxygens (including phenoxy) is 2. The van der Waals surface area contributed by atoms with Gasteiger partial charge in [-0.1, -0.05) is 30.3 Å². The molecule has 1 unspecified atom stereocenters. The minimum atomic E-state index is -0.180. The van der Waals surface area contributed by atoms with E-state index >= 15 is 0 Å². The summed E-state index contributed by atoms with van der Waals surface area (Å²) in [7, 11) is 3.25. The molecule has 0 spiro atoms. The first-order valence-electron chi connectivity index (χ1n) is 11.8. The summed E-state index contributed by atoms with van der Waals surface area (Å²) in [4.78, 5) is 25.8. The Kier molecular flexibility index (Phi) is 6.29. The van der Waals surface area contributed by atoms with Crippen molar-refractivity contribution in [1.29, 1.82) is 0 Å². The Morgan fingerprint density at radius 1 is 0.917 bits per heavy atom. The van der Waals surface area contributed by atoms with Crippen LogP contribution in [0.25, 0.3) is 21.9 Å². The molecule has 0 aliphatic rings. The molecule has 1 atom stereocenters. The molecule has 7 heteroatoms. The second-order valence-electron chi connectivity index (χ2n) is 8.73. The Morgan fingerprint density at radius 3 is 2.47 bits per heavy atom. The number of amides is 1. The van der Waals surface area contributed by atoms with Gasteiger partial charge in [0.1, 0.15) is 0 Å². The predicted molar refractivity (Wildman–Crippen MR) is 141 cm³/mol. The van der Waals surface area contributed by atoms with Crippen molar-refractivity contribution in [3.8, 4) is 11.5 Å². The number of aryl methyl sites for hydroxylation is 2. The van der Waals surface area contributed by atoms with Crippen LogP contribution in [-0.4, -0.2) is 41.6 Å². The number of rotatable bonds is 7. The molecule has 0 saturated carbocycles. The number of hydrogen-bond acceptors (Lipinski definition) is 5. The monoisotopic (exact) mass is 480 g/mol. The van der Waals surface area contributed by atoms with E-state index in [1.54, 1.807) is 26.4 Å². The average Bonchev–Trinajstić information content (AvgIpc) is 3.33. The van der Waals surface area contributed by atoms with Crippen LogP contribution < -0.4 is 14.8 Å². The highest BCUT2D eigenvalue weighted by Gasteiger charge is 2.24. The van der Waals surface area contributed by atoms with Crippen molar-refractivity contribution >= 4 is 27.8 Å². The highest BCUT2D eigenvalue weighted by atomic mass is 16.5. The maximum absolute atomic E-state index is 13.3.